The maximum atomic E-state index is 10.9. The Morgan fingerprint density at radius 1 is 0.686 bits per heavy atom. The van der Waals surface area contributed by atoms with Crippen LogP contribution in [0.2, 0.25) is 0 Å². The number of phenols is 3. The standard InChI is InChI=1S/C7H6N4O2.2C7H6N4O.C6H6N2O3.CH4N2/c8-7-9-5-2-1-4(12)3-6(5)11(13)10-7;2*8-7-9-5-2-1-4(12)3-6(5)10-11-7;7-5-2-1-4(9)3-6(5)8(10)11;2-1-3/h1-3,13H,(H2,8,10);2*1-3,12H,(H2,8,9,11);1-3,9H,7H2;1H,(H3,2,3). The van der Waals surface area contributed by atoms with Crippen molar-refractivity contribution in [1.82, 2.24) is 45.3 Å². The normalized spacial score (nSPS) is 9.80. The summed E-state index contributed by atoms with van der Waals surface area (Å²) in [5, 5.41) is 70.3. The lowest BCUT2D eigenvalue weighted by atomic mass is 10.2. The van der Waals surface area contributed by atoms with Crippen molar-refractivity contribution in [3.05, 3.63) is 93.1 Å². The van der Waals surface area contributed by atoms with Crippen LogP contribution in [0, 0.1) is 15.5 Å². The minimum absolute atomic E-state index is 0.0475. The first-order chi connectivity index (χ1) is 24.2. The molecule has 0 atom stereocenters. The molecule has 3 aromatic carbocycles. The maximum absolute atomic E-state index is 10.9. The Balaban J connectivity index is 0.000000179. The van der Waals surface area contributed by atoms with E-state index in [9.17, 15) is 20.1 Å². The molecule has 7 rings (SSSR count). The number of benzene rings is 4. The number of hydrogen-bond donors (Lipinski definition) is 10. The Hall–Kier alpha value is -8.24. The zero-order chi connectivity index (χ0) is 37.7. The average Bonchev–Trinajstić information content (AvgIpc) is 3.07. The van der Waals surface area contributed by atoms with Gasteiger partial charge in [-0.3, -0.25) is 20.3 Å². The van der Waals surface area contributed by atoms with Crippen molar-refractivity contribution in [2.75, 3.05) is 22.9 Å². The summed E-state index contributed by atoms with van der Waals surface area (Å²) in [7, 11) is 0. The van der Waals surface area contributed by atoms with Crippen LogP contribution in [-0.2, 0) is 0 Å². The van der Waals surface area contributed by atoms with E-state index in [-0.39, 0.29) is 57.6 Å². The van der Waals surface area contributed by atoms with Crippen LogP contribution in [0.1, 0.15) is 0 Å². The Morgan fingerprint density at radius 2 is 1.18 bits per heavy atom. The zero-order valence-corrected chi connectivity index (χ0v) is 25.9. The largest absolute Gasteiger partial charge is 0.508 e. The highest BCUT2D eigenvalue weighted by Crippen LogP contribution is 2.25. The van der Waals surface area contributed by atoms with Crippen LogP contribution in [0.25, 0.3) is 33.5 Å². The van der Waals surface area contributed by atoms with E-state index in [0.29, 0.717) is 32.6 Å². The van der Waals surface area contributed by atoms with Gasteiger partial charge in [0.15, 0.2) is 5.43 Å². The molecule has 262 valence electrons. The van der Waals surface area contributed by atoms with Gasteiger partial charge in [-0.1, -0.05) is 9.94 Å². The molecule has 5 aromatic rings. The summed E-state index contributed by atoms with van der Waals surface area (Å²) in [6.07, 6.45) is 0.750. The molecule has 0 fully saturated rings. The second kappa shape index (κ2) is 17.1. The lowest BCUT2D eigenvalue weighted by Crippen LogP contribution is -2.13. The van der Waals surface area contributed by atoms with E-state index < -0.39 is 4.92 Å². The number of hydrogen-bond acceptors (Lipinski definition) is 20. The van der Waals surface area contributed by atoms with Crippen molar-refractivity contribution in [3.63, 3.8) is 0 Å². The fourth-order valence-electron chi connectivity index (χ4n) is 3.62. The number of aromatic nitrogens is 9. The van der Waals surface area contributed by atoms with E-state index in [4.69, 9.17) is 43.7 Å². The third-order valence-electron chi connectivity index (χ3n) is 5.71. The molecule has 3 heterocycles. The second-order valence-electron chi connectivity index (χ2n) is 9.36. The molecule has 0 unspecified atom stereocenters. The first-order valence-corrected chi connectivity index (χ1v) is 13.7. The number of nitro benzene ring substituents is 1. The van der Waals surface area contributed by atoms with E-state index in [1.807, 2.05) is 0 Å². The molecule has 51 heavy (non-hydrogen) atoms. The Morgan fingerprint density at radius 3 is 1.67 bits per heavy atom. The third kappa shape index (κ3) is 10.9. The highest BCUT2D eigenvalue weighted by Gasteiger charge is 2.11. The predicted molar refractivity (Wildman–Crippen MR) is 183 cm³/mol. The maximum Gasteiger partial charge on any atom is 0.295 e. The number of phenolic OH excluding ortho intramolecular Hbond substituents is 3. The van der Waals surface area contributed by atoms with Crippen molar-refractivity contribution in [1.29, 1.82) is 5.41 Å². The van der Waals surface area contributed by atoms with Gasteiger partial charge in [-0.2, -0.15) is 0 Å². The van der Waals surface area contributed by atoms with E-state index >= 15 is 0 Å². The number of nitro groups is 1. The molecular weight excluding hydrogens is 672 g/mol. The molecule has 1 aliphatic carbocycles. The van der Waals surface area contributed by atoms with Gasteiger partial charge in [0.1, 0.15) is 39.7 Å². The smallest absolute Gasteiger partial charge is 0.295 e. The lowest BCUT2D eigenvalue weighted by Gasteiger charge is -2.06. The Kier molecular flexibility index (Phi) is 12.5. The Labute approximate surface area is 284 Å². The van der Waals surface area contributed by atoms with Gasteiger partial charge in [-0.25, -0.2) is 15.0 Å². The van der Waals surface area contributed by atoms with E-state index in [0.717, 1.165) is 12.4 Å². The van der Waals surface area contributed by atoms with Crippen molar-refractivity contribution in [2.45, 2.75) is 0 Å². The van der Waals surface area contributed by atoms with Gasteiger partial charge in [0.2, 0.25) is 17.8 Å². The quantitative estimate of drug-likeness (QED) is 0.0213. The van der Waals surface area contributed by atoms with E-state index in [1.165, 1.54) is 54.6 Å². The van der Waals surface area contributed by atoms with Crippen LogP contribution in [0.15, 0.2) is 77.6 Å². The van der Waals surface area contributed by atoms with Gasteiger partial charge in [0.25, 0.3) is 5.69 Å². The highest BCUT2D eigenvalue weighted by atomic mass is 16.6. The molecule has 0 saturated carbocycles. The highest BCUT2D eigenvalue weighted by molar-refractivity contribution is 5.76. The van der Waals surface area contributed by atoms with Gasteiger partial charge < -0.3 is 49.2 Å². The van der Waals surface area contributed by atoms with Gasteiger partial charge >= 0.3 is 0 Å². The van der Waals surface area contributed by atoms with Crippen molar-refractivity contribution in [2.24, 2.45) is 5.73 Å². The number of nitrogens with zero attached hydrogens (tertiary/aromatic N) is 10. The molecule has 0 amide bonds. The van der Waals surface area contributed by atoms with Crippen molar-refractivity contribution >= 4 is 57.6 Å². The van der Waals surface area contributed by atoms with Crippen LogP contribution in [0.3, 0.4) is 0 Å². The number of nitrogens with one attached hydrogen (secondary N) is 1. The molecule has 2 aromatic heterocycles. The number of rotatable bonds is 1. The van der Waals surface area contributed by atoms with Crippen molar-refractivity contribution in [3.8, 4) is 28.6 Å². The molecule has 0 bridgehead atoms. The van der Waals surface area contributed by atoms with Crippen molar-refractivity contribution < 1.29 is 25.5 Å². The topological polar surface area (TPSA) is 403 Å². The molecule has 23 nitrogen and oxygen atoms in total. The summed E-state index contributed by atoms with van der Waals surface area (Å²) in [4.78, 5) is 32.6. The molecule has 2 aliphatic rings. The monoisotopic (exact) mass is 700 g/mol. The van der Waals surface area contributed by atoms with Gasteiger partial charge in [-0.15, -0.1) is 20.4 Å². The van der Waals surface area contributed by atoms with Crippen LogP contribution < -0.4 is 34.1 Å². The number of nitrogens with two attached hydrogens (primary N) is 5. The van der Waals surface area contributed by atoms with Crippen LogP contribution in [0.5, 0.6) is 17.2 Å². The number of fused-ring (bicyclic) bond motifs is 3. The summed E-state index contributed by atoms with van der Waals surface area (Å²) >= 11 is 0. The molecule has 0 spiro atoms. The molecule has 15 N–H and O–H groups in total. The minimum Gasteiger partial charge on any atom is -0.508 e. The van der Waals surface area contributed by atoms with E-state index in [2.05, 4.69) is 46.2 Å². The summed E-state index contributed by atoms with van der Waals surface area (Å²) in [6, 6.07) is 16.9. The van der Waals surface area contributed by atoms with Gasteiger partial charge in [-0.05, 0) is 48.5 Å². The second-order valence-corrected chi connectivity index (χ2v) is 9.36. The van der Waals surface area contributed by atoms with Crippen LogP contribution >= 0.6 is 0 Å². The minimum atomic E-state index is -0.644. The molecule has 0 saturated heterocycles. The number of aromatic hydroxyl groups is 3. The van der Waals surface area contributed by atoms with Crippen LogP contribution in [-0.4, -0.2) is 77.1 Å². The SMILES string of the molecule is N=CN.Nc1ccc(O)cc1[N+](=O)[O-].Nc1nc2ccc(=O)cc-2n(O)n1.Nc1nnc2cc(O)ccc2n1.Nc1nnc2cc(O)ccc2n1. The molecule has 1 aliphatic heterocycles. The van der Waals surface area contributed by atoms with Crippen LogP contribution in [0.4, 0.5) is 29.2 Å². The zero-order valence-electron chi connectivity index (χ0n) is 25.9. The van der Waals surface area contributed by atoms with Gasteiger partial charge in [0, 0.05) is 18.2 Å². The first-order valence-electron chi connectivity index (χ1n) is 13.7. The number of nitrogen functional groups attached to an aromatic ring is 4. The molecular formula is C28H28N16O7. The van der Waals surface area contributed by atoms with E-state index in [1.54, 1.807) is 12.1 Å². The first kappa shape index (κ1) is 37.2. The summed E-state index contributed by atoms with van der Waals surface area (Å²) in [5.74, 6) is 0.340. The lowest BCUT2D eigenvalue weighted by molar-refractivity contribution is -0.384. The fraction of sp³-hybridized carbons (Fsp3) is 0. The number of anilines is 4. The average molecular weight is 701 g/mol. The fourth-order valence-corrected chi connectivity index (χ4v) is 3.62. The predicted octanol–water partition coefficient (Wildman–Crippen LogP) is 0.623. The summed E-state index contributed by atoms with van der Waals surface area (Å²) in [6.45, 7) is 0. The molecule has 23 heteroatoms. The Bertz CT molecular complexity index is 2160. The summed E-state index contributed by atoms with van der Waals surface area (Å²) < 4.78 is 0. The van der Waals surface area contributed by atoms with Gasteiger partial charge in [0.05, 0.1) is 34.1 Å². The molecule has 0 radical (unpaired) electrons. The summed E-state index contributed by atoms with van der Waals surface area (Å²) in [5.41, 5.74) is 28.1. The third-order valence-corrected chi connectivity index (χ3v) is 5.71.